The van der Waals surface area contributed by atoms with Gasteiger partial charge in [0.15, 0.2) is 5.76 Å². The summed E-state index contributed by atoms with van der Waals surface area (Å²) in [7, 11) is 0. The van der Waals surface area contributed by atoms with Gasteiger partial charge in [-0.3, -0.25) is 4.79 Å². The molecule has 1 aliphatic heterocycles. The van der Waals surface area contributed by atoms with Gasteiger partial charge in [0.2, 0.25) is 0 Å². The van der Waals surface area contributed by atoms with Gasteiger partial charge in [-0.25, -0.2) is 0 Å². The molecule has 1 aliphatic rings. The topological polar surface area (TPSA) is 58.0 Å². The molecule has 2 heterocycles. The minimum absolute atomic E-state index is 0. The van der Waals surface area contributed by atoms with Crippen LogP contribution in [-0.4, -0.2) is 11.7 Å². The Hall–Kier alpha value is -0.0300. The monoisotopic (exact) mass is 164 g/mol. The second kappa shape index (κ2) is 3.58. The van der Waals surface area contributed by atoms with Gasteiger partial charge in [0.25, 0.3) is 5.56 Å². The number of aromatic amines is 1. The van der Waals surface area contributed by atoms with E-state index in [2.05, 4.69) is 10.5 Å². The third kappa shape index (κ3) is 1.59. The number of aromatic nitrogens is 1. The Morgan fingerprint density at radius 3 is 3.09 bits per heavy atom. The van der Waals surface area contributed by atoms with Gasteiger partial charge in [-0.1, -0.05) is 0 Å². The summed E-state index contributed by atoms with van der Waals surface area (Å²) in [5, 5.41) is 5.41. The van der Waals surface area contributed by atoms with Crippen molar-refractivity contribution < 1.29 is 35.5 Å². The molecule has 0 saturated heterocycles. The fourth-order valence-corrected chi connectivity index (χ4v) is 1.17. The Kier molecular flexibility index (Phi) is 2.95. The van der Waals surface area contributed by atoms with Crippen LogP contribution in [0.4, 0.5) is 0 Å². The standard InChI is InChI=1S/C6H8N2O2.Na.H/c9-6-4-1-2-7-3-5(4)10-8-6;;/h7H,1-3H2,(H,8,9);;/q;+1;-1. The summed E-state index contributed by atoms with van der Waals surface area (Å²) in [5.41, 5.74) is 0.732. The predicted molar refractivity (Wildman–Crippen MR) is 35.9 cm³/mol. The van der Waals surface area contributed by atoms with Crippen molar-refractivity contribution in [1.29, 1.82) is 0 Å². The maximum atomic E-state index is 10.9. The Labute approximate surface area is 87.1 Å². The van der Waals surface area contributed by atoms with Gasteiger partial charge in [0, 0.05) is 0 Å². The predicted octanol–water partition coefficient (Wildman–Crippen LogP) is -3.27. The first-order valence-corrected chi connectivity index (χ1v) is 3.28. The summed E-state index contributed by atoms with van der Waals surface area (Å²) in [5.74, 6) is 0.760. The van der Waals surface area contributed by atoms with E-state index in [9.17, 15) is 4.79 Å². The van der Waals surface area contributed by atoms with Crippen LogP contribution in [0.3, 0.4) is 0 Å². The van der Waals surface area contributed by atoms with Gasteiger partial charge in [-0.2, -0.15) is 5.16 Å². The van der Waals surface area contributed by atoms with Crippen LogP contribution in [0.15, 0.2) is 9.32 Å². The first-order valence-electron chi connectivity index (χ1n) is 3.28. The van der Waals surface area contributed by atoms with Crippen molar-refractivity contribution >= 4 is 0 Å². The third-order valence-electron chi connectivity index (χ3n) is 1.71. The molecule has 0 aromatic carbocycles. The smallest absolute Gasteiger partial charge is 1.00 e. The number of H-pyrrole nitrogens is 1. The quantitative estimate of drug-likeness (QED) is 0.395. The normalized spacial score (nSPS) is 15.3. The average Bonchev–Trinajstić information content (AvgIpc) is 2.34. The van der Waals surface area contributed by atoms with Crippen LogP contribution in [-0.2, 0) is 13.0 Å². The summed E-state index contributed by atoms with van der Waals surface area (Å²) in [6.45, 7) is 1.55. The number of rotatable bonds is 0. The minimum atomic E-state index is -0.0727. The number of fused-ring (bicyclic) bond motifs is 1. The first kappa shape index (κ1) is 9.06. The van der Waals surface area contributed by atoms with Crippen LogP contribution >= 0.6 is 0 Å². The van der Waals surface area contributed by atoms with Crippen LogP contribution in [0.5, 0.6) is 0 Å². The molecule has 0 unspecified atom stereocenters. The molecule has 0 atom stereocenters. The van der Waals surface area contributed by atoms with E-state index in [1.54, 1.807) is 0 Å². The molecule has 5 heteroatoms. The summed E-state index contributed by atoms with van der Waals surface area (Å²) in [6, 6.07) is 0. The summed E-state index contributed by atoms with van der Waals surface area (Å²) in [6.07, 6.45) is 0.779. The molecule has 2 rings (SSSR count). The van der Waals surface area contributed by atoms with Gasteiger partial charge >= 0.3 is 29.6 Å². The van der Waals surface area contributed by atoms with Gasteiger partial charge in [0.1, 0.15) is 0 Å². The molecule has 56 valence electrons. The molecular formula is C6H9N2NaO2. The molecule has 1 aromatic rings. The van der Waals surface area contributed by atoms with E-state index >= 15 is 0 Å². The van der Waals surface area contributed by atoms with E-state index in [0.29, 0.717) is 6.54 Å². The molecule has 11 heavy (non-hydrogen) atoms. The van der Waals surface area contributed by atoms with Crippen LogP contribution in [0.25, 0.3) is 0 Å². The molecule has 0 fully saturated rings. The van der Waals surface area contributed by atoms with E-state index in [1.165, 1.54) is 0 Å². The minimum Gasteiger partial charge on any atom is -1.00 e. The van der Waals surface area contributed by atoms with Crippen molar-refractivity contribution in [2.24, 2.45) is 0 Å². The Morgan fingerprint density at radius 2 is 2.36 bits per heavy atom. The van der Waals surface area contributed by atoms with Crippen LogP contribution in [0, 0.1) is 0 Å². The van der Waals surface area contributed by atoms with Gasteiger partial charge in [-0.15, -0.1) is 0 Å². The van der Waals surface area contributed by atoms with Crippen molar-refractivity contribution in [3.63, 3.8) is 0 Å². The van der Waals surface area contributed by atoms with E-state index < -0.39 is 0 Å². The second-order valence-electron chi connectivity index (χ2n) is 2.36. The maximum Gasteiger partial charge on any atom is 1.00 e. The van der Waals surface area contributed by atoms with Gasteiger partial charge in [-0.05, 0) is 13.0 Å². The molecule has 0 saturated carbocycles. The number of hydrogen-bond acceptors (Lipinski definition) is 3. The van der Waals surface area contributed by atoms with Gasteiger partial charge < -0.3 is 11.3 Å². The van der Waals surface area contributed by atoms with Gasteiger partial charge in [0.05, 0.1) is 12.1 Å². The molecule has 0 spiro atoms. The molecule has 0 radical (unpaired) electrons. The Bertz CT molecular complexity index is 296. The fraction of sp³-hybridized carbons (Fsp3) is 0.500. The second-order valence-corrected chi connectivity index (χ2v) is 2.36. The fourth-order valence-electron chi connectivity index (χ4n) is 1.17. The van der Waals surface area contributed by atoms with Crippen molar-refractivity contribution in [2.75, 3.05) is 6.54 Å². The summed E-state index contributed by atoms with van der Waals surface area (Å²) >= 11 is 0. The molecule has 0 bridgehead atoms. The third-order valence-corrected chi connectivity index (χ3v) is 1.71. The average molecular weight is 164 g/mol. The van der Waals surface area contributed by atoms with Crippen LogP contribution in [0.1, 0.15) is 12.8 Å². The maximum absolute atomic E-state index is 10.9. The molecule has 4 nitrogen and oxygen atoms in total. The van der Waals surface area contributed by atoms with Crippen LogP contribution in [0.2, 0.25) is 0 Å². The summed E-state index contributed by atoms with van der Waals surface area (Å²) < 4.78 is 4.89. The van der Waals surface area contributed by atoms with Crippen molar-refractivity contribution in [2.45, 2.75) is 13.0 Å². The van der Waals surface area contributed by atoms with Crippen molar-refractivity contribution in [3.05, 3.63) is 21.7 Å². The number of hydrogen-bond donors (Lipinski definition) is 2. The zero-order valence-electron chi connectivity index (χ0n) is 7.44. The van der Waals surface area contributed by atoms with E-state index in [4.69, 9.17) is 4.52 Å². The van der Waals surface area contributed by atoms with Crippen LogP contribution < -0.4 is 40.4 Å². The largest absolute Gasteiger partial charge is 1.00 e. The summed E-state index contributed by atoms with van der Waals surface area (Å²) in [4.78, 5) is 10.9. The number of nitrogens with one attached hydrogen (secondary N) is 2. The van der Waals surface area contributed by atoms with Crippen molar-refractivity contribution in [1.82, 2.24) is 10.5 Å². The van der Waals surface area contributed by atoms with E-state index in [0.717, 1.165) is 24.3 Å². The zero-order chi connectivity index (χ0) is 6.97. The van der Waals surface area contributed by atoms with Crippen molar-refractivity contribution in [3.8, 4) is 0 Å². The molecular weight excluding hydrogens is 155 g/mol. The molecule has 0 aliphatic carbocycles. The Balaban J connectivity index is 0.000000605. The molecule has 0 amide bonds. The molecule has 1 aromatic heterocycles. The molecule has 2 N–H and O–H groups in total. The van der Waals surface area contributed by atoms with E-state index in [1.807, 2.05) is 0 Å². The van der Waals surface area contributed by atoms with E-state index in [-0.39, 0.29) is 36.5 Å². The Morgan fingerprint density at radius 1 is 1.55 bits per heavy atom. The SMILES string of the molecule is O=c1[nH]oc2c1CCNC2.[H-].[Na+]. The zero-order valence-corrected chi connectivity index (χ0v) is 8.44. The first-order chi connectivity index (χ1) is 4.88.